The van der Waals surface area contributed by atoms with Crippen molar-refractivity contribution in [1.29, 1.82) is 0 Å². The van der Waals surface area contributed by atoms with Crippen LogP contribution >= 0.6 is 11.6 Å². The van der Waals surface area contributed by atoms with Crippen molar-refractivity contribution >= 4 is 11.6 Å². The molecule has 0 aliphatic carbocycles. The van der Waals surface area contributed by atoms with Crippen molar-refractivity contribution in [3.05, 3.63) is 34.3 Å². The van der Waals surface area contributed by atoms with Crippen LogP contribution < -0.4 is 0 Å². The molecule has 3 heteroatoms. The largest absolute Gasteiger partial charge is 0.387 e. The van der Waals surface area contributed by atoms with Gasteiger partial charge in [-0.2, -0.15) is 0 Å². The lowest BCUT2D eigenvalue weighted by Crippen LogP contribution is -2.28. The molecule has 90 valence electrons. The monoisotopic (exact) mass is 241 g/mol. The Balaban J connectivity index is 2.72. The molecule has 1 N–H and O–H groups in total. The number of nitrogens with zero attached hydrogens (tertiary/aromatic N) is 1. The molecule has 0 bridgehead atoms. The Morgan fingerprint density at radius 3 is 2.44 bits per heavy atom. The van der Waals surface area contributed by atoms with E-state index in [-0.39, 0.29) is 0 Å². The van der Waals surface area contributed by atoms with Gasteiger partial charge in [-0.05, 0) is 37.2 Å². The second-order valence-corrected chi connectivity index (χ2v) is 4.42. The van der Waals surface area contributed by atoms with E-state index in [9.17, 15) is 5.11 Å². The van der Waals surface area contributed by atoms with Gasteiger partial charge in [0.25, 0.3) is 0 Å². The first-order valence-corrected chi connectivity index (χ1v) is 6.12. The van der Waals surface area contributed by atoms with Crippen LogP contribution in [0.1, 0.15) is 31.1 Å². The molecule has 0 amide bonds. The molecule has 16 heavy (non-hydrogen) atoms. The molecule has 1 aromatic rings. The summed E-state index contributed by atoms with van der Waals surface area (Å²) >= 11 is 5.95. The maximum atomic E-state index is 10.1. The minimum absolute atomic E-state index is 0.434. The zero-order valence-corrected chi connectivity index (χ0v) is 11.0. The number of hydrogen-bond donors (Lipinski definition) is 1. The Labute approximate surface area is 103 Å². The molecule has 0 heterocycles. The van der Waals surface area contributed by atoms with Gasteiger partial charge in [0, 0.05) is 11.6 Å². The molecule has 1 rings (SSSR count). The molecule has 0 fully saturated rings. The normalized spacial score (nSPS) is 13.1. The molecule has 0 aliphatic rings. The lowest BCUT2D eigenvalue weighted by atomic mass is 10.1. The lowest BCUT2D eigenvalue weighted by molar-refractivity contribution is 0.119. The molecule has 0 aromatic heterocycles. The fraction of sp³-hybridized carbons (Fsp3) is 0.538. The van der Waals surface area contributed by atoms with Gasteiger partial charge in [0.15, 0.2) is 0 Å². The third kappa shape index (κ3) is 3.48. The third-order valence-electron chi connectivity index (χ3n) is 2.89. The SMILES string of the molecule is CCN(CC)CC(O)c1ccc(Cl)c(C)c1. The number of likely N-dealkylation sites (N-methyl/N-ethyl adjacent to an activating group) is 1. The summed E-state index contributed by atoms with van der Waals surface area (Å²) in [5.74, 6) is 0. The summed E-state index contributed by atoms with van der Waals surface area (Å²) < 4.78 is 0. The molecule has 1 atom stereocenters. The minimum Gasteiger partial charge on any atom is -0.387 e. The van der Waals surface area contributed by atoms with Crippen molar-refractivity contribution < 1.29 is 5.11 Å². The first-order chi connectivity index (χ1) is 7.58. The van der Waals surface area contributed by atoms with E-state index in [0.29, 0.717) is 6.54 Å². The minimum atomic E-state index is -0.434. The zero-order chi connectivity index (χ0) is 12.1. The molecule has 0 saturated carbocycles. The maximum absolute atomic E-state index is 10.1. The van der Waals surface area contributed by atoms with Crippen LogP contribution in [0.2, 0.25) is 5.02 Å². The molecule has 0 saturated heterocycles. The van der Waals surface area contributed by atoms with Crippen molar-refractivity contribution in [3.63, 3.8) is 0 Å². The summed E-state index contributed by atoms with van der Waals surface area (Å²) in [6, 6.07) is 5.69. The number of aryl methyl sites for hydroxylation is 1. The van der Waals surface area contributed by atoms with E-state index in [2.05, 4.69) is 18.7 Å². The second-order valence-electron chi connectivity index (χ2n) is 4.01. The van der Waals surface area contributed by atoms with Crippen molar-refractivity contribution in [2.45, 2.75) is 26.9 Å². The van der Waals surface area contributed by atoms with Crippen molar-refractivity contribution in [2.75, 3.05) is 19.6 Å². The Hall–Kier alpha value is -0.570. The predicted octanol–water partition coefficient (Wildman–Crippen LogP) is 3.02. The van der Waals surface area contributed by atoms with E-state index in [1.165, 1.54) is 0 Å². The highest BCUT2D eigenvalue weighted by atomic mass is 35.5. The van der Waals surface area contributed by atoms with E-state index in [0.717, 1.165) is 29.2 Å². The summed E-state index contributed by atoms with van der Waals surface area (Å²) in [6.45, 7) is 8.75. The first kappa shape index (κ1) is 13.5. The number of halogens is 1. The standard InChI is InChI=1S/C13H20ClNO/c1-4-15(5-2)9-13(16)11-6-7-12(14)10(3)8-11/h6-8,13,16H,4-5,9H2,1-3H3. The quantitative estimate of drug-likeness (QED) is 0.857. The Kier molecular flexibility index (Phi) is 5.26. The van der Waals surface area contributed by atoms with Crippen LogP contribution in [-0.4, -0.2) is 29.6 Å². The lowest BCUT2D eigenvalue weighted by Gasteiger charge is -2.22. The number of aliphatic hydroxyl groups excluding tert-OH is 1. The van der Waals surface area contributed by atoms with E-state index < -0.39 is 6.10 Å². The van der Waals surface area contributed by atoms with Crippen LogP contribution in [0.15, 0.2) is 18.2 Å². The molecule has 2 nitrogen and oxygen atoms in total. The van der Waals surface area contributed by atoms with Crippen molar-refractivity contribution in [2.24, 2.45) is 0 Å². The van der Waals surface area contributed by atoms with E-state index >= 15 is 0 Å². The van der Waals surface area contributed by atoms with Gasteiger partial charge in [-0.25, -0.2) is 0 Å². The van der Waals surface area contributed by atoms with Crippen molar-refractivity contribution in [1.82, 2.24) is 4.90 Å². The van der Waals surface area contributed by atoms with E-state index in [4.69, 9.17) is 11.6 Å². The smallest absolute Gasteiger partial charge is 0.0917 e. The van der Waals surface area contributed by atoms with Gasteiger partial charge >= 0.3 is 0 Å². The molecule has 0 aliphatic heterocycles. The fourth-order valence-electron chi connectivity index (χ4n) is 1.71. The molecule has 0 radical (unpaired) electrons. The number of hydrogen-bond acceptors (Lipinski definition) is 2. The number of rotatable bonds is 5. The van der Waals surface area contributed by atoms with E-state index in [1.807, 2.05) is 25.1 Å². The van der Waals surface area contributed by atoms with Crippen LogP contribution in [0, 0.1) is 6.92 Å². The van der Waals surface area contributed by atoms with Crippen LogP contribution in [-0.2, 0) is 0 Å². The average Bonchev–Trinajstić information content (AvgIpc) is 2.29. The summed E-state index contributed by atoms with van der Waals surface area (Å²) in [6.07, 6.45) is -0.434. The Morgan fingerprint density at radius 2 is 1.94 bits per heavy atom. The fourth-order valence-corrected chi connectivity index (χ4v) is 1.82. The van der Waals surface area contributed by atoms with Gasteiger partial charge in [-0.15, -0.1) is 0 Å². The Bertz CT molecular complexity index is 337. The second kappa shape index (κ2) is 6.24. The average molecular weight is 242 g/mol. The van der Waals surface area contributed by atoms with Crippen LogP contribution in [0.5, 0.6) is 0 Å². The van der Waals surface area contributed by atoms with Gasteiger partial charge < -0.3 is 10.0 Å². The molecule has 0 spiro atoms. The molecular formula is C13H20ClNO. The maximum Gasteiger partial charge on any atom is 0.0917 e. The number of benzene rings is 1. The van der Waals surface area contributed by atoms with Gasteiger partial charge in [-0.1, -0.05) is 37.6 Å². The first-order valence-electron chi connectivity index (χ1n) is 5.75. The summed E-state index contributed by atoms with van der Waals surface area (Å²) in [7, 11) is 0. The van der Waals surface area contributed by atoms with E-state index in [1.54, 1.807) is 0 Å². The number of aliphatic hydroxyl groups is 1. The Morgan fingerprint density at radius 1 is 1.31 bits per heavy atom. The zero-order valence-electron chi connectivity index (χ0n) is 10.2. The third-order valence-corrected chi connectivity index (χ3v) is 3.32. The van der Waals surface area contributed by atoms with Gasteiger partial charge in [0.1, 0.15) is 0 Å². The highest BCUT2D eigenvalue weighted by Crippen LogP contribution is 2.21. The topological polar surface area (TPSA) is 23.5 Å². The van der Waals surface area contributed by atoms with Gasteiger partial charge in [0.2, 0.25) is 0 Å². The van der Waals surface area contributed by atoms with Gasteiger partial charge in [-0.3, -0.25) is 0 Å². The van der Waals surface area contributed by atoms with Crippen LogP contribution in [0.3, 0.4) is 0 Å². The molecular weight excluding hydrogens is 222 g/mol. The summed E-state index contributed by atoms with van der Waals surface area (Å²) in [5, 5.41) is 10.8. The highest BCUT2D eigenvalue weighted by Gasteiger charge is 2.11. The van der Waals surface area contributed by atoms with Crippen LogP contribution in [0.25, 0.3) is 0 Å². The summed E-state index contributed by atoms with van der Waals surface area (Å²) in [4.78, 5) is 2.20. The van der Waals surface area contributed by atoms with Crippen LogP contribution in [0.4, 0.5) is 0 Å². The highest BCUT2D eigenvalue weighted by molar-refractivity contribution is 6.31. The molecule has 1 aromatic carbocycles. The molecule has 1 unspecified atom stereocenters. The van der Waals surface area contributed by atoms with Gasteiger partial charge in [0.05, 0.1) is 6.10 Å². The predicted molar refractivity (Wildman–Crippen MR) is 68.9 cm³/mol. The van der Waals surface area contributed by atoms with Crippen molar-refractivity contribution in [3.8, 4) is 0 Å². The summed E-state index contributed by atoms with van der Waals surface area (Å²) in [5.41, 5.74) is 1.95.